The van der Waals surface area contributed by atoms with E-state index in [1.54, 1.807) is 0 Å². The number of carbonyl (C=O) groups excluding carboxylic acids is 4. The second kappa shape index (κ2) is 56.2. The number of rotatable bonds is 58. The van der Waals surface area contributed by atoms with Gasteiger partial charge in [0.25, 0.3) is 0 Å². The van der Waals surface area contributed by atoms with Gasteiger partial charge in [-0.3, -0.25) is 19.2 Å². The summed E-state index contributed by atoms with van der Waals surface area (Å²) in [7, 11) is 0. The van der Waals surface area contributed by atoms with Crippen molar-refractivity contribution in [3.05, 3.63) is 0 Å². The normalized spacial score (nSPS) is 11.4. The lowest BCUT2D eigenvalue weighted by atomic mass is 10.3. The van der Waals surface area contributed by atoms with Gasteiger partial charge in [-0.25, -0.2) is 0 Å². The van der Waals surface area contributed by atoms with Crippen LogP contribution in [0.25, 0.3) is 0 Å². The van der Waals surface area contributed by atoms with E-state index >= 15 is 0 Å². The summed E-state index contributed by atoms with van der Waals surface area (Å²) in [5.41, 5.74) is 0. The van der Waals surface area contributed by atoms with Crippen molar-refractivity contribution in [2.75, 3.05) is 238 Å². The fourth-order valence-electron chi connectivity index (χ4n) is 4.56. The van der Waals surface area contributed by atoms with E-state index in [9.17, 15) is 19.2 Å². The molecule has 0 amide bonds. The standard InChI is InChI=1S/C44H82O23/c1-41(45)39-43(47)66-37-35-64-33-31-62-29-27-60-25-23-58-21-19-56-17-15-54-13-11-52-9-7-50-5-3-49-4-6-51-8-10-53-12-14-55-16-18-57-20-22-59-24-26-61-28-30-63-32-34-65-36-38-67-44(48)40-42(2)46/h3-40H2,1-2H3. The third-order valence-electron chi connectivity index (χ3n) is 7.72. The van der Waals surface area contributed by atoms with E-state index in [-0.39, 0.29) is 50.8 Å². The van der Waals surface area contributed by atoms with E-state index in [4.69, 9.17) is 90.0 Å². The molecule has 0 aromatic rings. The number of carbonyl (C=O) groups is 4. The molecule has 0 bridgehead atoms. The van der Waals surface area contributed by atoms with Gasteiger partial charge in [-0.15, -0.1) is 0 Å². The summed E-state index contributed by atoms with van der Waals surface area (Å²) >= 11 is 0. The molecular weight excluding hydrogens is 896 g/mol. The number of Topliss-reactive ketones (excluding diaryl/α,β-unsaturated/α-hetero) is 2. The first-order chi connectivity index (χ1) is 32.9. The fraction of sp³-hybridized carbons (Fsp3) is 0.909. The number of hydrogen-bond acceptors (Lipinski definition) is 23. The van der Waals surface area contributed by atoms with Crippen molar-refractivity contribution in [2.24, 2.45) is 0 Å². The monoisotopic (exact) mass is 979 g/mol. The second-order valence-corrected chi connectivity index (χ2v) is 13.6. The minimum atomic E-state index is -0.547. The molecule has 0 rings (SSSR count). The first-order valence-electron chi connectivity index (χ1n) is 23.0. The Morgan fingerprint density at radius 3 is 0.403 bits per heavy atom. The van der Waals surface area contributed by atoms with Crippen LogP contribution in [0.3, 0.4) is 0 Å². The van der Waals surface area contributed by atoms with Crippen molar-refractivity contribution in [3.63, 3.8) is 0 Å². The second-order valence-electron chi connectivity index (χ2n) is 13.6. The van der Waals surface area contributed by atoms with Crippen LogP contribution in [-0.4, -0.2) is 261 Å². The van der Waals surface area contributed by atoms with Crippen LogP contribution in [0.5, 0.6) is 0 Å². The SMILES string of the molecule is CC(=O)CC(=O)OCCOCCOCCOCCOCCOCCOCCOCCOCCOCCOCCOCCOCCOCCOCCOCCOCCOCCOC(=O)CC(C)=O. The molecular formula is C44H82O23. The first-order valence-corrected chi connectivity index (χ1v) is 23.0. The maximum absolute atomic E-state index is 11.2. The minimum Gasteiger partial charge on any atom is -0.463 e. The molecule has 0 fully saturated rings. The molecule has 0 aliphatic carbocycles. The van der Waals surface area contributed by atoms with Gasteiger partial charge in [0.15, 0.2) is 0 Å². The highest BCUT2D eigenvalue weighted by Crippen LogP contribution is 1.92. The summed E-state index contributed by atoms with van der Waals surface area (Å²) in [6.07, 6.45) is -0.437. The van der Waals surface area contributed by atoms with Crippen LogP contribution in [0.4, 0.5) is 0 Å². The minimum absolute atomic E-state index is 0.107. The molecule has 0 atom stereocenters. The van der Waals surface area contributed by atoms with Gasteiger partial charge in [-0.1, -0.05) is 0 Å². The van der Waals surface area contributed by atoms with Crippen LogP contribution in [0, 0.1) is 0 Å². The zero-order valence-corrected chi connectivity index (χ0v) is 40.3. The highest BCUT2D eigenvalue weighted by Gasteiger charge is 2.07. The van der Waals surface area contributed by atoms with Gasteiger partial charge >= 0.3 is 11.9 Å². The zero-order valence-electron chi connectivity index (χ0n) is 40.3. The molecule has 67 heavy (non-hydrogen) atoms. The van der Waals surface area contributed by atoms with Crippen molar-refractivity contribution in [1.29, 1.82) is 0 Å². The van der Waals surface area contributed by atoms with Gasteiger partial charge in [0.1, 0.15) is 37.6 Å². The van der Waals surface area contributed by atoms with Crippen LogP contribution >= 0.6 is 0 Å². The Labute approximate surface area is 396 Å². The average molecular weight is 979 g/mol. The molecule has 0 aromatic heterocycles. The highest BCUT2D eigenvalue weighted by molar-refractivity contribution is 5.94. The predicted octanol–water partition coefficient (Wildman–Crippen LogP) is 0.313. The summed E-state index contributed by atoms with van der Waals surface area (Å²) in [6, 6.07) is 0. The smallest absolute Gasteiger partial charge is 0.313 e. The maximum Gasteiger partial charge on any atom is 0.313 e. The molecule has 0 aliphatic rings. The largest absolute Gasteiger partial charge is 0.463 e. The predicted molar refractivity (Wildman–Crippen MR) is 236 cm³/mol. The first kappa shape index (κ1) is 64.6. The molecule has 0 aliphatic heterocycles. The van der Waals surface area contributed by atoms with Gasteiger partial charge < -0.3 is 90.0 Å². The summed E-state index contributed by atoms with van der Waals surface area (Å²) in [5.74, 6) is -1.56. The van der Waals surface area contributed by atoms with Gasteiger partial charge in [0.2, 0.25) is 0 Å². The van der Waals surface area contributed by atoms with Gasteiger partial charge in [0.05, 0.1) is 225 Å². The Hall–Kier alpha value is -2.40. The Balaban J connectivity index is 3.10. The summed E-state index contributed by atoms with van der Waals surface area (Å²) < 4.78 is 102. The lowest BCUT2D eigenvalue weighted by Gasteiger charge is -2.09. The Morgan fingerprint density at radius 1 is 0.194 bits per heavy atom. The Kier molecular flexibility index (Phi) is 54.2. The van der Waals surface area contributed by atoms with Crippen molar-refractivity contribution in [2.45, 2.75) is 26.7 Å². The molecule has 0 N–H and O–H groups in total. The van der Waals surface area contributed by atoms with Crippen LogP contribution in [0.15, 0.2) is 0 Å². The van der Waals surface area contributed by atoms with Gasteiger partial charge in [-0.2, -0.15) is 0 Å². The zero-order chi connectivity index (χ0) is 48.6. The number of hydrogen-bond donors (Lipinski definition) is 0. The fourth-order valence-corrected chi connectivity index (χ4v) is 4.56. The van der Waals surface area contributed by atoms with Crippen molar-refractivity contribution in [1.82, 2.24) is 0 Å². The molecule has 396 valence electrons. The molecule has 0 saturated heterocycles. The molecule has 0 heterocycles. The molecule has 0 aromatic carbocycles. The number of ether oxygens (including phenoxy) is 19. The van der Waals surface area contributed by atoms with E-state index in [0.717, 1.165) is 0 Å². The Bertz CT molecular complexity index is 993. The topological polar surface area (TPSA) is 244 Å². The summed E-state index contributed by atoms with van der Waals surface area (Å²) in [6.45, 7) is 17.9. The molecule has 23 heteroatoms. The van der Waals surface area contributed by atoms with E-state index < -0.39 is 11.9 Å². The lowest BCUT2D eigenvalue weighted by molar-refractivity contribution is -0.148. The summed E-state index contributed by atoms with van der Waals surface area (Å²) in [4.78, 5) is 44.0. The lowest BCUT2D eigenvalue weighted by Crippen LogP contribution is -2.16. The van der Waals surface area contributed by atoms with Gasteiger partial charge in [-0.05, 0) is 13.8 Å². The molecule has 0 unspecified atom stereocenters. The van der Waals surface area contributed by atoms with E-state index in [1.165, 1.54) is 13.8 Å². The van der Waals surface area contributed by atoms with E-state index in [0.29, 0.717) is 211 Å². The van der Waals surface area contributed by atoms with Crippen LogP contribution in [-0.2, 0) is 109 Å². The van der Waals surface area contributed by atoms with Gasteiger partial charge in [0, 0.05) is 0 Å². The highest BCUT2D eigenvalue weighted by atomic mass is 16.6. The van der Waals surface area contributed by atoms with Crippen LogP contribution in [0.2, 0.25) is 0 Å². The molecule has 0 saturated carbocycles. The average Bonchev–Trinajstić information content (AvgIpc) is 3.29. The Morgan fingerprint density at radius 2 is 0.299 bits per heavy atom. The molecule has 23 nitrogen and oxygen atoms in total. The third kappa shape index (κ3) is 59.7. The van der Waals surface area contributed by atoms with Crippen molar-refractivity contribution >= 4 is 23.5 Å². The van der Waals surface area contributed by atoms with E-state index in [1.807, 2.05) is 0 Å². The molecule has 0 radical (unpaired) electrons. The maximum atomic E-state index is 11.2. The number of ketones is 2. The third-order valence-corrected chi connectivity index (χ3v) is 7.72. The van der Waals surface area contributed by atoms with E-state index in [2.05, 4.69) is 0 Å². The molecule has 0 spiro atoms. The van der Waals surface area contributed by atoms with Crippen LogP contribution in [0.1, 0.15) is 26.7 Å². The quantitative estimate of drug-likeness (QED) is 0.0452. The van der Waals surface area contributed by atoms with Crippen LogP contribution < -0.4 is 0 Å². The summed E-state index contributed by atoms with van der Waals surface area (Å²) in [5, 5.41) is 0. The van der Waals surface area contributed by atoms with Crippen molar-refractivity contribution in [3.8, 4) is 0 Å². The van der Waals surface area contributed by atoms with Crippen molar-refractivity contribution < 1.29 is 109 Å². The number of esters is 2.